The second-order valence-corrected chi connectivity index (χ2v) is 4.21. The Kier molecular flexibility index (Phi) is 3.31. The summed E-state index contributed by atoms with van der Waals surface area (Å²) in [6.45, 7) is 2.00. The summed E-state index contributed by atoms with van der Waals surface area (Å²) in [5.41, 5.74) is 1.79. The van der Waals surface area contributed by atoms with Crippen LogP contribution in [0, 0.1) is 5.82 Å². The summed E-state index contributed by atoms with van der Waals surface area (Å²) in [6.07, 6.45) is 4.06. The summed E-state index contributed by atoms with van der Waals surface area (Å²) in [5, 5.41) is 4.14. The first-order valence-corrected chi connectivity index (χ1v) is 6.32. The predicted molar refractivity (Wildman–Crippen MR) is 72.1 cm³/mol. The molecule has 0 bridgehead atoms. The molecule has 0 atom stereocenters. The third kappa shape index (κ3) is 2.33. The number of aromatic nitrogens is 4. The van der Waals surface area contributed by atoms with Crippen molar-refractivity contribution in [3.8, 4) is 11.4 Å². The minimum atomic E-state index is -0.482. The third-order valence-corrected chi connectivity index (χ3v) is 2.89. The van der Waals surface area contributed by atoms with Crippen LogP contribution in [0.2, 0.25) is 0 Å². The zero-order valence-corrected chi connectivity index (χ0v) is 11.2. The van der Waals surface area contributed by atoms with Gasteiger partial charge in [-0.05, 0) is 25.1 Å². The molecular weight excluding hydrogens is 275 g/mol. The molecule has 3 heterocycles. The van der Waals surface area contributed by atoms with Gasteiger partial charge in [0.1, 0.15) is 11.4 Å². The van der Waals surface area contributed by atoms with Crippen LogP contribution in [0.15, 0.2) is 36.8 Å². The van der Waals surface area contributed by atoms with Crippen LogP contribution in [-0.2, 0) is 4.74 Å². The molecule has 0 amide bonds. The van der Waals surface area contributed by atoms with Crippen molar-refractivity contribution in [3.63, 3.8) is 0 Å². The van der Waals surface area contributed by atoms with Gasteiger partial charge in [0.25, 0.3) is 0 Å². The zero-order chi connectivity index (χ0) is 14.8. The number of halogens is 1. The van der Waals surface area contributed by atoms with Gasteiger partial charge in [-0.15, -0.1) is 0 Å². The summed E-state index contributed by atoms with van der Waals surface area (Å²) in [7, 11) is 0. The van der Waals surface area contributed by atoms with Crippen molar-refractivity contribution in [1.82, 2.24) is 19.6 Å². The molecular formula is C14H11FN4O2. The number of carbonyl (C=O) groups excluding carboxylic acids is 1. The van der Waals surface area contributed by atoms with E-state index < -0.39 is 11.8 Å². The molecule has 6 nitrogen and oxygen atoms in total. The van der Waals surface area contributed by atoms with E-state index in [-0.39, 0.29) is 12.2 Å². The maximum Gasteiger partial charge on any atom is 0.343 e. The van der Waals surface area contributed by atoms with Crippen molar-refractivity contribution in [3.05, 3.63) is 48.2 Å². The van der Waals surface area contributed by atoms with Gasteiger partial charge in [0.2, 0.25) is 0 Å². The van der Waals surface area contributed by atoms with Gasteiger partial charge in [-0.3, -0.25) is 4.98 Å². The monoisotopic (exact) mass is 286 g/mol. The van der Waals surface area contributed by atoms with Crippen LogP contribution in [0.1, 0.15) is 17.3 Å². The summed E-state index contributed by atoms with van der Waals surface area (Å²) in [6, 6.07) is 4.54. The van der Waals surface area contributed by atoms with Gasteiger partial charge in [0.15, 0.2) is 5.65 Å². The zero-order valence-electron chi connectivity index (χ0n) is 11.2. The largest absolute Gasteiger partial charge is 0.462 e. The molecule has 21 heavy (non-hydrogen) atoms. The van der Waals surface area contributed by atoms with Crippen LogP contribution in [-0.4, -0.2) is 32.2 Å². The average Bonchev–Trinajstić information content (AvgIpc) is 2.92. The van der Waals surface area contributed by atoms with Crippen molar-refractivity contribution in [1.29, 1.82) is 0 Å². The molecule has 3 aromatic heterocycles. The molecule has 0 saturated heterocycles. The minimum absolute atomic E-state index is 0.273. The average molecular weight is 286 g/mol. The lowest BCUT2D eigenvalue weighted by molar-refractivity contribution is 0.0528. The standard InChI is InChI=1S/C14H11FN4O2/c1-2-21-14(20)10-8-18-19-12(5-6-16-13(10)19)11-4-3-9(15)7-17-11/h3-8H,2H2,1H3. The maximum atomic E-state index is 13.0. The fourth-order valence-corrected chi connectivity index (χ4v) is 1.97. The number of carbonyl (C=O) groups is 1. The minimum Gasteiger partial charge on any atom is -0.462 e. The van der Waals surface area contributed by atoms with Crippen LogP contribution >= 0.6 is 0 Å². The van der Waals surface area contributed by atoms with Gasteiger partial charge in [-0.2, -0.15) is 5.10 Å². The van der Waals surface area contributed by atoms with Crippen molar-refractivity contribution in [2.75, 3.05) is 6.61 Å². The van der Waals surface area contributed by atoms with Gasteiger partial charge < -0.3 is 4.74 Å². The summed E-state index contributed by atoms with van der Waals surface area (Å²) < 4.78 is 19.4. The quantitative estimate of drug-likeness (QED) is 0.690. The molecule has 0 aliphatic rings. The Morgan fingerprint density at radius 3 is 2.86 bits per heavy atom. The highest BCUT2D eigenvalue weighted by Crippen LogP contribution is 2.19. The van der Waals surface area contributed by atoms with Crippen LogP contribution < -0.4 is 0 Å². The van der Waals surface area contributed by atoms with Crippen LogP contribution in [0.5, 0.6) is 0 Å². The van der Waals surface area contributed by atoms with E-state index in [9.17, 15) is 9.18 Å². The third-order valence-electron chi connectivity index (χ3n) is 2.89. The van der Waals surface area contributed by atoms with E-state index in [1.54, 1.807) is 19.2 Å². The van der Waals surface area contributed by atoms with E-state index in [2.05, 4.69) is 15.1 Å². The van der Waals surface area contributed by atoms with Crippen LogP contribution in [0.25, 0.3) is 17.0 Å². The highest BCUT2D eigenvalue weighted by molar-refractivity contribution is 5.95. The Hall–Kier alpha value is -2.83. The summed E-state index contributed by atoms with van der Waals surface area (Å²) in [5.74, 6) is -0.902. The summed E-state index contributed by atoms with van der Waals surface area (Å²) in [4.78, 5) is 20.0. The Labute approximate surface area is 119 Å². The van der Waals surface area contributed by atoms with Crippen LogP contribution in [0.4, 0.5) is 4.39 Å². The number of esters is 1. The van der Waals surface area contributed by atoms with Crippen molar-refractivity contribution >= 4 is 11.6 Å². The lowest BCUT2D eigenvalue weighted by atomic mass is 10.2. The fourth-order valence-electron chi connectivity index (χ4n) is 1.97. The molecule has 0 spiro atoms. The number of hydrogen-bond acceptors (Lipinski definition) is 5. The Bertz CT molecular complexity index is 798. The van der Waals surface area contributed by atoms with Crippen molar-refractivity contribution < 1.29 is 13.9 Å². The number of ether oxygens (including phenoxy) is 1. The Balaban J connectivity index is 2.13. The molecule has 3 aromatic rings. The number of pyridine rings is 1. The molecule has 0 fully saturated rings. The summed E-state index contributed by atoms with van der Waals surface area (Å²) >= 11 is 0. The topological polar surface area (TPSA) is 69.4 Å². The molecule has 0 unspecified atom stereocenters. The SMILES string of the molecule is CCOC(=O)c1cnn2c(-c3ccc(F)cn3)ccnc12. The van der Waals surface area contributed by atoms with Crippen molar-refractivity contribution in [2.24, 2.45) is 0 Å². The Morgan fingerprint density at radius 2 is 2.14 bits per heavy atom. The highest BCUT2D eigenvalue weighted by atomic mass is 19.1. The van der Waals surface area contributed by atoms with Crippen molar-refractivity contribution in [2.45, 2.75) is 6.92 Å². The molecule has 106 valence electrons. The molecule has 7 heteroatoms. The van der Waals surface area contributed by atoms with Gasteiger partial charge in [0.05, 0.1) is 30.4 Å². The molecule has 0 N–H and O–H groups in total. The molecule has 3 rings (SSSR count). The molecule has 0 aliphatic carbocycles. The number of fused-ring (bicyclic) bond motifs is 1. The number of nitrogens with zero attached hydrogens (tertiary/aromatic N) is 4. The normalized spacial score (nSPS) is 10.8. The first-order chi connectivity index (χ1) is 10.2. The first kappa shape index (κ1) is 13.2. The first-order valence-electron chi connectivity index (χ1n) is 6.32. The number of hydrogen-bond donors (Lipinski definition) is 0. The lowest BCUT2D eigenvalue weighted by Gasteiger charge is -2.04. The smallest absolute Gasteiger partial charge is 0.343 e. The van der Waals surface area contributed by atoms with Gasteiger partial charge in [0, 0.05) is 6.20 Å². The van der Waals surface area contributed by atoms with E-state index in [0.717, 1.165) is 6.20 Å². The second-order valence-electron chi connectivity index (χ2n) is 4.21. The van der Waals surface area contributed by atoms with Crippen LogP contribution in [0.3, 0.4) is 0 Å². The second kappa shape index (κ2) is 5.28. The molecule has 0 saturated carbocycles. The van der Waals surface area contributed by atoms with E-state index >= 15 is 0 Å². The van der Waals surface area contributed by atoms with E-state index in [1.165, 1.54) is 22.8 Å². The lowest BCUT2D eigenvalue weighted by Crippen LogP contribution is -2.05. The Morgan fingerprint density at radius 1 is 1.29 bits per heavy atom. The predicted octanol–water partition coefficient (Wildman–Crippen LogP) is 2.11. The molecule has 0 radical (unpaired) electrons. The highest BCUT2D eigenvalue weighted by Gasteiger charge is 2.17. The molecule has 0 aliphatic heterocycles. The van der Waals surface area contributed by atoms with E-state index in [0.29, 0.717) is 17.0 Å². The molecule has 0 aromatic carbocycles. The van der Waals surface area contributed by atoms with Gasteiger partial charge in [-0.1, -0.05) is 0 Å². The number of rotatable bonds is 3. The van der Waals surface area contributed by atoms with Gasteiger partial charge in [-0.25, -0.2) is 18.7 Å². The van der Waals surface area contributed by atoms with E-state index in [1.807, 2.05) is 0 Å². The van der Waals surface area contributed by atoms with Gasteiger partial charge >= 0.3 is 5.97 Å². The maximum absolute atomic E-state index is 13.0. The fraction of sp³-hybridized carbons (Fsp3) is 0.143. The van der Waals surface area contributed by atoms with E-state index in [4.69, 9.17) is 4.74 Å².